The summed E-state index contributed by atoms with van der Waals surface area (Å²) in [5.74, 6) is 1.37. The molecule has 2 atom stereocenters. The molecule has 3 aromatic rings. The van der Waals surface area contributed by atoms with Gasteiger partial charge in [-0.15, -0.1) is 10.2 Å². The molecular weight excluding hydrogens is 476 g/mol. The highest BCUT2D eigenvalue weighted by atomic mass is 35.5. The normalized spacial score (nSPS) is 16.0. The number of rotatable bonds is 9. The predicted molar refractivity (Wildman–Crippen MR) is 131 cm³/mol. The van der Waals surface area contributed by atoms with Crippen LogP contribution in [0.4, 0.5) is 0 Å². The third-order valence-electron chi connectivity index (χ3n) is 5.41. The largest absolute Gasteiger partial charge is 0.495 e. The van der Waals surface area contributed by atoms with E-state index in [1.165, 1.54) is 25.6 Å². The molecular formula is C25H25ClN2O5S. The van der Waals surface area contributed by atoms with Gasteiger partial charge in [0, 0.05) is 24.2 Å². The molecule has 4 rings (SSSR count). The number of hydrogen-bond acceptors (Lipinski definition) is 8. The summed E-state index contributed by atoms with van der Waals surface area (Å²) in [5.41, 5.74) is 2.44. The third kappa shape index (κ3) is 4.94. The maximum atomic E-state index is 13.4. The summed E-state index contributed by atoms with van der Waals surface area (Å²) in [6, 6.07) is 11.2. The predicted octanol–water partition coefficient (Wildman–Crippen LogP) is 5.66. The molecule has 7 nitrogen and oxygen atoms in total. The summed E-state index contributed by atoms with van der Waals surface area (Å²) in [7, 11) is 3.07. The van der Waals surface area contributed by atoms with Crippen LogP contribution in [0.15, 0.2) is 42.5 Å². The molecule has 1 aromatic heterocycles. The lowest BCUT2D eigenvalue weighted by Crippen LogP contribution is -2.28. The molecule has 1 aliphatic heterocycles. The molecule has 0 aliphatic carbocycles. The van der Waals surface area contributed by atoms with Gasteiger partial charge in [-0.05, 0) is 37.6 Å². The van der Waals surface area contributed by atoms with Gasteiger partial charge in [-0.2, -0.15) is 0 Å². The molecule has 0 N–H and O–H groups in total. The maximum Gasteiger partial charge on any atom is 0.206 e. The van der Waals surface area contributed by atoms with Crippen molar-refractivity contribution in [2.75, 3.05) is 20.8 Å². The first-order valence-corrected chi connectivity index (χ1v) is 12.0. The van der Waals surface area contributed by atoms with Crippen LogP contribution in [0.25, 0.3) is 16.3 Å². The molecule has 0 spiro atoms. The minimum Gasteiger partial charge on any atom is -0.495 e. The molecule has 0 saturated carbocycles. The number of ketones is 1. The zero-order chi connectivity index (χ0) is 24.2. The van der Waals surface area contributed by atoms with Crippen LogP contribution in [0.5, 0.6) is 11.5 Å². The highest BCUT2D eigenvalue weighted by Gasteiger charge is 2.34. The highest BCUT2D eigenvalue weighted by molar-refractivity contribution is 7.14. The van der Waals surface area contributed by atoms with Crippen molar-refractivity contribution in [2.45, 2.75) is 32.5 Å². The molecule has 0 saturated heterocycles. The van der Waals surface area contributed by atoms with Crippen molar-refractivity contribution in [2.24, 2.45) is 0 Å². The van der Waals surface area contributed by atoms with Crippen LogP contribution in [-0.2, 0) is 14.3 Å². The first-order valence-electron chi connectivity index (χ1n) is 10.8. The molecule has 178 valence electrons. The Balaban J connectivity index is 1.51. The fourth-order valence-corrected chi connectivity index (χ4v) is 4.69. The average molecular weight is 501 g/mol. The quantitative estimate of drug-likeness (QED) is 0.375. The van der Waals surface area contributed by atoms with E-state index in [0.717, 1.165) is 26.7 Å². The van der Waals surface area contributed by atoms with Crippen LogP contribution in [0.1, 0.15) is 35.6 Å². The second-order valence-corrected chi connectivity index (χ2v) is 9.15. The van der Waals surface area contributed by atoms with Gasteiger partial charge in [0.25, 0.3) is 0 Å². The van der Waals surface area contributed by atoms with E-state index < -0.39 is 12.2 Å². The van der Waals surface area contributed by atoms with Crippen LogP contribution in [0.2, 0.25) is 5.02 Å². The van der Waals surface area contributed by atoms with E-state index >= 15 is 0 Å². The van der Waals surface area contributed by atoms with Crippen LogP contribution >= 0.6 is 22.9 Å². The smallest absolute Gasteiger partial charge is 0.206 e. The average Bonchev–Trinajstić information content (AvgIpc) is 3.52. The van der Waals surface area contributed by atoms with E-state index in [4.69, 9.17) is 30.5 Å². The first-order chi connectivity index (χ1) is 16.4. The zero-order valence-electron chi connectivity index (χ0n) is 19.3. The van der Waals surface area contributed by atoms with Crippen LogP contribution in [0.3, 0.4) is 0 Å². The molecule has 0 fully saturated rings. The molecule has 2 aromatic carbocycles. The monoisotopic (exact) mass is 500 g/mol. The van der Waals surface area contributed by atoms with Crippen molar-refractivity contribution >= 4 is 34.5 Å². The van der Waals surface area contributed by atoms with Gasteiger partial charge in [0.1, 0.15) is 38.4 Å². The molecule has 9 heteroatoms. The minimum absolute atomic E-state index is 0.138. The van der Waals surface area contributed by atoms with E-state index in [1.54, 1.807) is 12.1 Å². The Bertz CT molecular complexity index is 1180. The van der Waals surface area contributed by atoms with Gasteiger partial charge in [0.15, 0.2) is 6.10 Å². The Hall–Kier alpha value is -2.94. The SMILES string of the molecule is CCO[C@H](C(=O)C1CC=C(c2cc(OC)c(Cl)c(OC)c2)O1)c1ccc(-c2nnc(C)s2)cc1. The standard InChI is InChI=1S/C25H25ClN2O5S/c1-5-32-24(15-6-8-16(9-7-15)25-28-27-14(2)34-25)23(29)19-11-10-18(33-19)17-12-20(30-3)22(26)21(13-17)31-4/h6-10,12-13,19,24H,5,11H2,1-4H3/t19?,24-/m0/s1. The zero-order valence-corrected chi connectivity index (χ0v) is 20.9. The number of hydrogen-bond donors (Lipinski definition) is 0. The number of Topliss-reactive ketones (excluding diaryl/α,β-unsaturated/α-hetero) is 1. The van der Waals surface area contributed by atoms with Gasteiger partial charge in [-0.1, -0.05) is 47.2 Å². The molecule has 1 unspecified atom stereocenters. The van der Waals surface area contributed by atoms with Crippen molar-refractivity contribution < 1.29 is 23.7 Å². The van der Waals surface area contributed by atoms with E-state index in [0.29, 0.717) is 35.3 Å². The number of aromatic nitrogens is 2. The van der Waals surface area contributed by atoms with Gasteiger partial charge in [0.2, 0.25) is 5.78 Å². The second kappa shape index (κ2) is 10.5. The fourth-order valence-electron chi connectivity index (χ4n) is 3.73. The van der Waals surface area contributed by atoms with Gasteiger partial charge < -0.3 is 18.9 Å². The fraction of sp³-hybridized carbons (Fsp3) is 0.320. The minimum atomic E-state index is -0.734. The molecule has 0 amide bonds. The number of ether oxygens (including phenoxy) is 4. The maximum absolute atomic E-state index is 13.4. The lowest BCUT2D eigenvalue weighted by Gasteiger charge is -2.21. The van der Waals surface area contributed by atoms with Crippen LogP contribution < -0.4 is 9.47 Å². The van der Waals surface area contributed by atoms with Gasteiger partial charge in [-0.25, -0.2) is 0 Å². The number of carbonyl (C=O) groups excluding carboxylic acids is 1. The number of benzene rings is 2. The van der Waals surface area contributed by atoms with E-state index in [9.17, 15) is 4.79 Å². The highest BCUT2D eigenvalue weighted by Crippen LogP contribution is 2.40. The Kier molecular flexibility index (Phi) is 7.50. The third-order valence-corrected chi connectivity index (χ3v) is 6.67. The number of carbonyl (C=O) groups is 1. The van der Waals surface area contributed by atoms with Crippen LogP contribution in [0, 0.1) is 6.92 Å². The molecule has 2 heterocycles. The van der Waals surface area contributed by atoms with Crippen LogP contribution in [-0.4, -0.2) is 42.9 Å². The van der Waals surface area contributed by atoms with Crippen molar-refractivity contribution in [1.29, 1.82) is 0 Å². The van der Waals surface area contributed by atoms with E-state index in [-0.39, 0.29) is 5.78 Å². The van der Waals surface area contributed by atoms with Crippen molar-refractivity contribution in [1.82, 2.24) is 10.2 Å². The summed E-state index contributed by atoms with van der Waals surface area (Å²) in [5, 5.41) is 10.4. The van der Waals surface area contributed by atoms with Crippen molar-refractivity contribution in [3.63, 3.8) is 0 Å². The molecule has 0 bridgehead atoms. The summed E-state index contributed by atoms with van der Waals surface area (Å²) in [6.45, 7) is 4.18. The summed E-state index contributed by atoms with van der Waals surface area (Å²) in [6.07, 6.45) is 0.925. The lowest BCUT2D eigenvalue weighted by atomic mass is 9.99. The summed E-state index contributed by atoms with van der Waals surface area (Å²) >= 11 is 7.80. The molecule has 0 radical (unpaired) electrons. The van der Waals surface area contributed by atoms with Gasteiger partial charge in [0.05, 0.1) is 14.2 Å². The Morgan fingerprint density at radius 2 is 1.82 bits per heavy atom. The van der Waals surface area contributed by atoms with Gasteiger partial charge in [-0.3, -0.25) is 4.79 Å². The van der Waals surface area contributed by atoms with Gasteiger partial charge >= 0.3 is 0 Å². The topological polar surface area (TPSA) is 79.8 Å². The first kappa shape index (κ1) is 24.2. The molecule has 34 heavy (non-hydrogen) atoms. The number of methoxy groups -OCH3 is 2. The summed E-state index contributed by atoms with van der Waals surface area (Å²) < 4.78 is 22.6. The Labute approximate surface area is 207 Å². The van der Waals surface area contributed by atoms with Crippen molar-refractivity contribution in [3.8, 4) is 22.1 Å². The second-order valence-electron chi connectivity index (χ2n) is 7.59. The number of aryl methyl sites for hydroxylation is 1. The number of nitrogens with zero attached hydrogens (tertiary/aromatic N) is 2. The number of halogens is 1. The molecule has 1 aliphatic rings. The van der Waals surface area contributed by atoms with Crippen molar-refractivity contribution in [3.05, 3.63) is 63.6 Å². The lowest BCUT2D eigenvalue weighted by molar-refractivity contribution is -0.138. The Morgan fingerprint density at radius 3 is 2.38 bits per heavy atom. The van der Waals surface area contributed by atoms with E-state index in [2.05, 4.69) is 10.2 Å². The Morgan fingerprint density at radius 1 is 1.15 bits per heavy atom. The summed E-state index contributed by atoms with van der Waals surface area (Å²) in [4.78, 5) is 13.4. The van der Waals surface area contributed by atoms with E-state index in [1.807, 2.05) is 44.2 Å².